The number of unbranched alkanes of at least 4 members (excludes halogenated alkanes) is 16. The highest BCUT2D eigenvalue weighted by Crippen LogP contribution is 2.48. The van der Waals surface area contributed by atoms with Crippen molar-refractivity contribution in [3.8, 4) is 5.75 Å². The molecule has 3 aromatic rings. The molecule has 7 nitrogen and oxygen atoms in total. The quantitative estimate of drug-likeness (QED) is 0.0858. The first-order valence-corrected chi connectivity index (χ1v) is 17.6. The molecule has 0 radical (unpaired) electrons. The molecule has 8 heteroatoms. The number of nitrogens with two attached hydrogens (primary N) is 1. The van der Waals surface area contributed by atoms with Gasteiger partial charge in [0.15, 0.2) is 22.2 Å². The van der Waals surface area contributed by atoms with E-state index in [1.165, 1.54) is 82.0 Å². The Kier molecular flexibility index (Phi) is 12.5. The number of aliphatic hydroxyl groups is 1. The summed E-state index contributed by atoms with van der Waals surface area (Å²) in [7, 11) is 0. The van der Waals surface area contributed by atoms with Crippen molar-refractivity contribution in [1.29, 1.82) is 0 Å². The lowest BCUT2D eigenvalue weighted by Crippen LogP contribution is -2.23. The zero-order chi connectivity index (χ0) is 30.8. The molecule has 1 aliphatic rings. The number of aliphatic hydroxyl groups excluding tert-OH is 1. The summed E-state index contributed by atoms with van der Waals surface area (Å²) in [6, 6.07) is 0. The Labute approximate surface area is 259 Å². The Hall–Kier alpha value is -2.87. The van der Waals surface area contributed by atoms with Crippen LogP contribution in [-0.2, 0) is 11.2 Å². The van der Waals surface area contributed by atoms with Crippen LogP contribution < -0.4 is 5.73 Å². The number of hydrogen-bond donors (Lipinski definition) is 3. The molecule has 0 saturated carbocycles. The normalized spacial score (nSPS) is 13.6. The molecule has 0 atom stereocenters. The maximum atomic E-state index is 13.2. The standard InChI is InChI=1S/C35H50N2O5S/c1-3-5-7-9-11-13-15-17-19-21-23-28(38)26-25-27-34(43-35(36)37-27)24(22-20-18-16-14-12-10-8-6-4-2)30(40)32(25)42-33(26)31(41)29(23)39/h38,40H,3-22H2,1-2H3,(H2,36,37). The van der Waals surface area contributed by atoms with E-state index in [4.69, 9.17) is 10.2 Å². The minimum Gasteiger partial charge on any atom is -0.507 e. The number of aromatic nitrogens is 1. The highest BCUT2D eigenvalue weighted by Gasteiger charge is 2.39. The minimum absolute atomic E-state index is 0.0614. The molecule has 4 rings (SSSR count). The van der Waals surface area contributed by atoms with Crippen LogP contribution in [0, 0.1) is 0 Å². The summed E-state index contributed by atoms with van der Waals surface area (Å²) < 4.78 is 6.62. The lowest BCUT2D eigenvalue weighted by molar-refractivity contribution is -0.112. The van der Waals surface area contributed by atoms with Crippen LogP contribution >= 0.6 is 11.3 Å². The molecule has 43 heavy (non-hydrogen) atoms. The van der Waals surface area contributed by atoms with Crippen molar-refractivity contribution < 1.29 is 24.2 Å². The summed E-state index contributed by atoms with van der Waals surface area (Å²) in [6.45, 7) is 4.44. The molecular formula is C35H50N2O5S. The number of fused-ring (bicyclic) bond motifs is 5. The van der Waals surface area contributed by atoms with Crippen molar-refractivity contribution in [3.63, 3.8) is 0 Å². The van der Waals surface area contributed by atoms with Crippen LogP contribution in [0.2, 0.25) is 0 Å². The van der Waals surface area contributed by atoms with Crippen molar-refractivity contribution in [2.45, 2.75) is 142 Å². The summed E-state index contributed by atoms with van der Waals surface area (Å²) in [5.74, 6) is -2.04. The maximum absolute atomic E-state index is 13.2. The topological polar surface area (TPSA) is 127 Å². The Morgan fingerprint density at radius 3 is 1.79 bits per heavy atom. The van der Waals surface area contributed by atoms with Gasteiger partial charge in [0.1, 0.15) is 5.76 Å². The number of Topliss-reactive ketones (excluding diaryl/α,β-unsaturated/α-hetero) is 2. The van der Waals surface area contributed by atoms with Crippen LogP contribution in [0.3, 0.4) is 0 Å². The van der Waals surface area contributed by atoms with Crippen LogP contribution in [0.15, 0.2) is 9.99 Å². The number of aromatic hydroxyl groups is 1. The fourth-order valence-electron chi connectivity index (χ4n) is 6.35. The van der Waals surface area contributed by atoms with Gasteiger partial charge in [-0.1, -0.05) is 128 Å². The molecule has 0 amide bonds. The number of anilines is 1. The van der Waals surface area contributed by atoms with E-state index in [1.54, 1.807) is 0 Å². The van der Waals surface area contributed by atoms with Gasteiger partial charge < -0.3 is 20.4 Å². The van der Waals surface area contributed by atoms with E-state index >= 15 is 0 Å². The fraction of sp³-hybridized carbons (Fsp3) is 0.629. The van der Waals surface area contributed by atoms with Gasteiger partial charge >= 0.3 is 0 Å². The van der Waals surface area contributed by atoms with E-state index in [-0.39, 0.29) is 34.0 Å². The molecule has 0 saturated heterocycles. The van der Waals surface area contributed by atoms with E-state index < -0.39 is 11.6 Å². The number of phenols is 1. The second-order valence-electron chi connectivity index (χ2n) is 12.2. The predicted octanol–water partition coefficient (Wildman–Crippen LogP) is 10.4. The summed E-state index contributed by atoms with van der Waals surface area (Å²) in [5, 5.41) is 23.4. The maximum Gasteiger partial charge on any atom is 0.269 e. The van der Waals surface area contributed by atoms with Gasteiger partial charge in [-0.05, 0) is 25.7 Å². The number of benzene rings is 1. The second kappa shape index (κ2) is 16.3. The number of furan rings is 1. The van der Waals surface area contributed by atoms with Crippen LogP contribution in [-0.4, -0.2) is 26.8 Å². The van der Waals surface area contributed by atoms with Crippen molar-refractivity contribution in [3.05, 3.63) is 22.5 Å². The largest absolute Gasteiger partial charge is 0.507 e. The van der Waals surface area contributed by atoms with Gasteiger partial charge in [0.2, 0.25) is 5.78 Å². The van der Waals surface area contributed by atoms with Gasteiger partial charge in [-0.2, -0.15) is 0 Å². The monoisotopic (exact) mass is 610 g/mol. The third kappa shape index (κ3) is 7.81. The van der Waals surface area contributed by atoms with E-state index in [0.29, 0.717) is 40.9 Å². The summed E-state index contributed by atoms with van der Waals surface area (Å²) in [5.41, 5.74) is 7.71. The lowest BCUT2D eigenvalue weighted by atomic mass is 9.88. The van der Waals surface area contributed by atoms with Crippen molar-refractivity contribution in [2.24, 2.45) is 0 Å². The van der Waals surface area contributed by atoms with E-state index in [9.17, 15) is 19.8 Å². The molecule has 4 N–H and O–H groups in total. The SMILES string of the molecule is CCCCCCCCCCCC1=C(O)c2c(oc3c(O)c(CCCCCCCCCCC)c4sc(N)nc4c23)C(=O)C1=O. The van der Waals surface area contributed by atoms with Crippen molar-refractivity contribution >= 4 is 55.0 Å². The second-order valence-corrected chi connectivity index (χ2v) is 13.2. The number of allylic oxidation sites excluding steroid dienone is 1. The molecule has 0 fully saturated rings. The molecular weight excluding hydrogens is 560 g/mol. The zero-order valence-corrected chi connectivity index (χ0v) is 27.0. The van der Waals surface area contributed by atoms with Crippen LogP contribution in [0.4, 0.5) is 5.13 Å². The molecule has 236 valence electrons. The highest BCUT2D eigenvalue weighted by molar-refractivity contribution is 7.22. The molecule has 2 aromatic heterocycles. The molecule has 0 aliphatic heterocycles. The first-order chi connectivity index (χ1) is 20.9. The van der Waals surface area contributed by atoms with Gasteiger partial charge in [-0.3, -0.25) is 9.59 Å². The number of nitrogen functional groups attached to an aromatic ring is 1. The van der Waals surface area contributed by atoms with E-state index in [1.807, 2.05) is 0 Å². The Bertz CT molecular complexity index is 1430. The van der Waals surface area contributed by atoms with E-state index in [2.05, 4.69) is 18.8 Å². The molecule has 1 aromatic carbocycles. The van der Waals surface area contributed by atoms with Crippen LogP contribution in [0.5, 0.6) is 5.75 Å². The van der Waals surface area contributed by atoms with Crippen LogP contribution in [0.1, 0.15) is 158 Å². The predicted molar refractivity (Wildman–Crippen MR) is 177 cm³/mol. The smallest absolute Gasteiger partial charge is 0.269 e. The van der Waals surface area contributed by atoms with Gasteiger partial charge in [-0.25, -0.2) is 4.98 Å². The number of thiazole rings is 1. The van der Waals surface area contributed by atoms with Crippen molar-refractivity contribution in [1.82, 2.24) is 4.98 Å². The highest BCUT2D eigenvalue weighted by atomic mass is 32.1. The first kappa shape index (κ1) is 33.0. The number of nitrogens with zero attached hydrogens (tertiary/aromatic N) is 1. The molecule has 2 heterocycles. The average molecular weight is 611 g/mol. The Balaban J connectivity index is 1.50. The van der Waals surface area contributed by atoms with E-state index in [0.717, 1.165) is 43.2 Å². The Morgan fingerprint density at radius 2 is 1.23 bits per heavy atom. The summed E-state index contributed by atoms with van der Waals surface area (Å²) in [6.07, 6.45) is 21.8. The van der Waals surface area contributed by atoms with Crippen molar-refractivity contribution in [2.75, 3.05) is 5.73 Å². The minimum atomic E-state index is -0.786. The lowest BCUT2D eigenvalue weighted by Gasteiger charge is -2.14. The number of carbonyl (C=O) groups is 2. The number of aryl methyl sites for hydroxylation is 1. The average Bonchev–Trinajstić information content (AvgIpc) is 3.58. The molecule has 0 bridgehead atoms. The van der Waals surface area contributed by atoms with Gasteiger partial charge in [0.25, 0.3) is 5.78 Å². The fourth-order valence-corrected chi connectivity index (χ4v) is 7.26. The summed E-state index contributed by atoms with van der Waals surface area (Å²) in [4.78, 5) is 30.8. The van der Waals surface area contributed by atoms with Gasteiger partial charge in [-0.15, -0.1) is 0 Å². The number of phenolic OH excluding ortho intramolecular Hbond substituents is 1. The zero-order valence-electron chi connectivity index (χ0n) is 26.2. The third-order valence-corrected chi connectivity index (χ3v) is 9.78. The van der Waals surface area contributed by atoms with Gasteiger partial charge in [0, 0.05) is 11.1 Å². The number of hydrogen-bond acceptors (Lipinski definition) is 8. The summed E-state index contributed by atoms with van der Waals surface area (Å²) >= 11 is 1.29. The van der Waals surface area contributed by atoms with Crippen LogP contribution in [0.25, 0.3) is 26.9 Å². The Morgan fingerprint density at radius 1 is 0.721 bits per heavy atom. The number of carbonyl (C=O) groups excluding carboxylic acids is 2. The number of rotatable bonds is 20. The molecule has 0 spiro atoms. The first-order valence-electron chi connectivity index (χ1n) is 16.8. The van der Waals surface area contributed by atoms with Gasteiger partial charge in [0.05, 0.1) is 21.2 Å². The third-order valence-electron chi connectivity index (χ3n) is 8.83. The molecule has 1 aliphatic carbocycles. The molecule has 0 unspecified atom stereocenters. The number of ketones is 2.